The number of aryl methyl sites for hydroxylation is 2. The van der Waals surface area contributed by atoms with E-state index in [9.17, 15) is 9.90 Å². The zero-order valence-corrected chi connectivity index (χ0v) is 13.6. The van der Waals surface area contributed by atoms with Crippen molar-refractivity contribution in [3.8, 4) is 0 Å². The van der Waals surface area contributed by atoms with Crippen LogP contribution in [-0.2, 0) is 13.7 Å². The molecular weight excluding hydrogens is 314 g/mol. The summed E-state index contributed by atoms with van der Waals surface area (Å²) in [5, 5.41) is 13.2. The number of rotatable bonds is 3. The van der Waals surface area contributed by atoms with E-state index in [0.29, 0.717) is 27.3 Å². The predicted molar refractivity (Wildman–Crippen MR) is 90.8 cm³/mol. The Morgan fingerprint density at radius 2 is 2.04 bits per heavy atom. The summed E-state index contributed by atoms with van der Waals surface area (Å²) in [5.41, 5.74) is 3.35. The number of halogens is 1. The van der Waals surface area contributed by atoms with Crippen molar-refractivity contribution in [3.05, 3.63) is 58.4 Å². The molecule has 0 radical (unpaired) electrons. The first-order chi connectivity index (χ1) is 11.0. The number of carbonyl (C=O) groups excluding carboxylic acids is 1. The minimum Gasteiger partial charge on any atom is -0.392 e. The summed E-state index contributed by atoms with van der Waals surface area (Å²) in [6.45, 7) is 1.81. The summed E-state index contributed by atoms with van der Waals surface area (Å²) in [6.07, 6.45) is 3.21. The highest BCUT2D eigenvalue weighted by Gasteiger charge is 2.18. The molecule has 0 spiro atoms. The summed E-state index contributed by atoms with van der Waals surface area (Å²) in [5.74, 6) is -0.332. The van der Waals surface area contributed by atoms with E-state index >= 15 is 0 Å². The largest absolute Gasteiger partial charge is 0.392 e. The molecule has 5 nitrogen and oxygen atoms in total. The Morgan fingerprint density at radius 1 is 1.35 bits per heavy atom. The van der Waals surface area contributed by atoms with E-state index < -0.39 is 0 Å². The van der Waals surface area contributed by atoms with Gasteiger partial charge in [-0.05, 0) is 19.1 Å². The lowest BCUT2D eigenvalue weighted by molar-refractivity contribution is 0.102. The molecule has 0 bridgehead atoms. The molecule has 1 aromatic carbocycles. The van der Waals surface area contributed by atoms with Gasteiger partial charge >= 0.3 is 0 Å². The molecule has 1 amide bonds. The molecule has 6 heteroatoms. The normalized spacial score (nSPS) is 11.0. The second kappa shape index (κ2) is 6.02. The topological polar surface area (TPSA) is 67.2 Å². The minimum absolute atomic E-state index is 0.165. The highest BCUT2D eigenvalue weighted by atomic mass is 35.5. The summed E-state index contributed by atoms with van der Waals surface area (Å²) in [7, 11) is 1.82. The number of carbonyl (C=O) groups is 1. The predicted octanol–water partition coefficient (Wildman–Crippen LogP) is 3.28. The fourth-order valence-corrected chi connectivity index (χ4v) is 2.85. The van der Waals surface area contributed by atoms with Crippen molar-refractivity contribution >= 4 is 34.2 Å². The van der Waals surface area contributed by atoms with Crippen LogP contribution in [0.3, 0.4) is 0 Å². The summed E-state index contributed by atoms with van der Waals surface area (Å²) in [4.78, 5) is 16.8. The highest BCUT2D eigenvalue weighted by molar-refractivity contribution is 6.39. The molecule has 23 heavy (non-hydrogen) atoms. The molecule has 0 aliphatic carbocycles. The van der Waals surface area contributed by atoms with Crippen molar-refractivity contribution in [3.63, 3.8) is 0 Å². The van der Waals surface area contributed by atoms with Crippen LogP contribution in [0.2, 0.25) is 5.02 Å². The highest BCUT2D eigenvalue weighted by Crippen LogP contribution is 2.30. The fraction of sp³-hybridized carbons (Fsp3) is 0.176. The second-order valence-corrected chi connectivity index (χ2v) is 5.81. The van der Waals surface area contributed by atoms with Crippen LogP contribution in [0.4, 0.5) is 5.69 Å². The Kier molecular flexibility index (Phi) is 4.07. The number of aromatic nitrogens is 2. The Bertz CT molecular complexity index is 885. The number of hydrogen-bond acceptors (Lipinski definition) is 3. The van der Waals surface area contributed by atoms with Crippen LogP contribution in [0.15, 0.2) is 36.7 Å². The Labute approximate surface area is 138 Å². The lowest BCUT2D eigenvalue weighted by Gasteiger charge is -2.08. The lowest BCUT2D eigenvalue weighted by Crippen LogP contribution is -2.13. The number of benzene rings is 1. The van der Waals surface area contributed by atoms with Crippen molar-refractivity contribution in [2.75, 3.05) is 5.32 Å². The number of pyridine rings is 1. The van der Waals surface area contributed by atoms with E-state index in [-0.39, 0.29) is 18.1 Å². The van der Waals surface area contributed by atoms with Gasteiger partial charge in [-0.2, -0.15) is 0 Å². The number of amides is 1. The Morgan fingerprint density at radius 3 is 2.70 bits per heavy atom. The van der Waals surface area contributed by atoms with Crippen LogP contribution in [-0.4, -0.2) is 20.6 Å². The molecule has 0 unspecified atom stereocenters. The van der Waals surface area contributed by atoms with Crippen molar-refractivity contribution < 1.29 is 9.90 Å². The standard InChI is InChI=1S/C17H16ClN3O2/c1-10-3-5-12(6-4-10)20-17(23)13-7-19-16-14(15(13)18)11(9-22)8-21(16)2/h3-8,22H,9H2,1-2H3,(H,20,23). The molecule has 2 N–H and O–H groups in total. The average molecular weight is 330 g/mol. The molecule has 0 saturated carbocycles. The van der Waals surface area contributed by atoms with Crippen molar-refractivity contribution in [1.29, 1.82) is 0 Å². The number of aliphatic hydroxyl groups is 1. The van der Waals surface area contributed by atoms with Crippen molar-refractivity contribution in [2.45, 2.75) is 13.5 Å². The SMILES string of the molecule is Cc1ccc(NC(=O)c2cnc3c(c(CO)cn3C)c2Cl)cc1. The van der Waals surface area contributed by atoms with Gasteiger partial charge in [0.1, 0.15) is 5.65 Å². The van der Waals surface area contributed by atoms with Crippen LogP contribution in [0.5, 0.6) is 0 Å². The zero-order valence-electron chi connectivity index (χ0n) is 12.8. The van der Waals surface area contributed by atoms with Crippen LogP contribution < -0.4 is 5.32 Å². The number of aliphatic hydroxyl groups excluding tert-OH is 1. The third-order valence-electron chi connectivity index (χ3n) is 3.72. The van der Waals surface area contributed by atoms with E-state index in [1.165, 1.54) is 6.20 Å². The van der Waals surface area contributed by atoms with Gasteiger partial charge in [0.15, 0.2) is 0 Å². The van der Waals surface area contributed by atoms with Crippen LogP contribution in [0.25, 0.3) is 11.0 Å². The minimum atomic E-state index is -0.332. The molecule has 0 atom stereocenters. The number of nitrogens with zero attached hydrogens (tertiary/aromatic N) is 2. The first-order valence-electron chi connectivity index (χ1n) is 7.12. The molecule has 0 aliphatic heterocycles. The Hall–Kier alpha value is -2.37. The third-order valence-corrected chi connectivity index (χ3v) is 4.12. The molecule has 0 fully saturated rings. The molecule has 3 rings (SSSR count). The van der Waals surface area contributed by atoms with Gasteiger partial charge in [-0.1, -0.05) is 29.3 Å². The van der Waals surface area contributed by atoms with Gasteiger partial charge in [-0.15, -0.1) is 0 Å². The van der Waals surface area contributed by atoms with Crippen LogP contribution in [0, 0.1) is 6.92 Å². The summed E-state index contributed by atoms with van der Waals surface area (Å²) >= 11 is 6.40. The number of fused-ring (bicyclic) bond motifs is 1. The molecular formula is C17H16ClN3O2. The molecule has 3 aromatic rings. The van der Waals surface area contributed by atoms with Gasteiger partial charge in [0.05, 0.1) is 17.2 Å². The van der Waals surface area contributed by atoms with Crippen molar-refractivity contribution in [2.24, 2.45) is 7.05 Å². The van der Waals surface area contributed by atoms with Gasteiger partial charge in [0, 0.05) is 36.1 Å². The van der Waals surface area contributed by atoms with Gasteiger partial charge in [-0.3, -0.25) is 4.79 Å². The molecule has 118 valence electrons. The third kappa shape index (κ3) is 2.81. The van der Waals surface area contributed by atoms with Gasteiger partial charge in [0.2, 0.25) is 0 Å². The quantitative estimate of drug-likeness (QED) is 0.775. The first-order valence-corrected chi connectivity index (χ1v) is 7.50. The van der Waals surface area contributed by atoms with Gasteiger partial charge in [-0.25, -0.2) is 4.98 Å². The molecule has 2 aromatic heterocycles. The fourth-order valence-electron chi connectivity index (χ4n) is 2.50. The Balaban J connectivity index is 2.00. The van der Waals surface area contributed by atoms with E-state index in [2.05, 4.69) is 10.3 Å². The summed E-state index contributed by atoms with van der Waals surface area (Å²) in [6, 6.07) is 7.49. The van der Waals surface area contributed by atoms with Crippen LogP contribution >= 0.6 is 11.6 Å². The van der Waals surface area contributed by atoms with E-state index in [1.54, 1.807) is 10.8 Å². The maximum absolute atomic E-state index is 12.5. The van der Waals surface area contributed by atoms with Crippen LogP contribution in [0.1, 0.15) is 21.5 Å². The maximum atomic E-state index is 12.5. The summed E-state index contributed by atoms with van der Waals surface area (Å²) < 4.78 is 1.77. The molecule has 0 aliphatic rings. The monoisotopic (exact) mass is 329 g/mol. The number of anilines is 1. The molecule has 2 heterocycles. The van der Waals surface area contributed by atoms with E-state index in [4.69, 9.17) is 11.6 Å². The van der Waals surface area contributed by atoms with E-state index in [1.807, 2.05) is 38.2 Å². The van der Waals surface area contributed by atoms with Gasteiger partial charge < -0.3 is 15.0 Å². The average Bonchev–Trinajstić information content (AvgIpc) is 2.87. The number of hydrogen-bond donors (Lipinski definition) is 2. The first kappa shape index (κ1) is 15.5. The van der Waals surface area contributed by atoms with E-state index in [0.717, 1.165) is 5.56 Å². The smallest absolute Gasteiger partial charge is 0.258 e. The zero-order chi connectivity index (χ0) is 16.6. The molecule has 0 saturated heterocycles. The second-order valence-electron chi connectivity index (χ2n) is 5.43. The number of nitrogens with one attached hydrogen (secondary N) is 1. The lowest BCUT2D eigenvalue weighted by atomic mass is 10.1. The maximum Gasteiger partial charge on any atom is 0.258 e. The van der Waals surface area contributed by atoms with Gasteiger partial charge in [0.25, 0.3) is 5.91 Å². The van der Waals surface area contributed by atoms with Crippen molar-refractivity contribution in [1.82, 2.24) is 9.55 Å².